The van der Waals surface area contributed by atoms with Gasteiger partial charge < -0.3 is 14.4 Å². The lowest BCUT2D eigenvalue weighted by Gasteiger charge is -2.13. The molecule has 3 rings (SSSR count). The second-order valence-corrected chi connectivity index (χ2v) is 7.87. The van der Waals surface area contributed by atoms with E-state index in [0.29, 0.717) is 5.56 Å². The zero-order valence-corrected chi connectivity index (χ0v) is 15.5. The third-order valence-corrected chi connectivity index (χ3v) is 5.56. The van der Waals surface area contributed by atoms with Crippen LogP contribution in [0.15, 0.2) is 59.6 Å². The van der Waals surface area contributed by atoms with E-state index in [2.05, 4.69) is 9.46 Å². The van der Waals surface area contributed by atoms with Gasteiger partial charge >= 0.3 is 6.36 Å². The molecule has 2 aromatic carbocycles. The van der Waals surface area contributed by atoms with Crippen molar-refractivity contribution in [2.45, 2.75) is 17.4 Å². The first-order valence-corrected chi connectivity index (χ1v) is 9.63. The van der Waals surface area contributed by atoms with Crippen LogP contribution in [-0.2, 0) is 17.1 Å². The molecule has 6 nitrogen and oxygen atoms in total. The summed E-state index contributed by atoms with van der Waals surface area (Å²) in [7, 11) is -2.21. The molecule has 2 N–H and O–H groups in total. The van der Waals surface area contributed by atoms with Crippen LogP contribution in [0.4, 0.5) is 13.2 Å². The number of aliphatic hydroxyl groups excluding tert-OH is 1. The summed E-state index contributed by atoms with van der Waals surface area (Å²) in [6.07, 6.45) is -4.25. The summed E-state index contributed by atoms with van der Waals surface area (Å²) in [4.78, 5) is -0.243. The molecule has 1 atom stereocenters. The lowest BCUT2D eigenvalue weighted by molar-refractivity contribution is -0.274. The van der Waals surface area contributed by atoms with E-state index in [-0.39, 0.29) is 11.4 Å². The van der Waals surface area contributed by atoms with E-state index in [1.807, 2.05) is 35.9 Å². The molecule has 28 heavy (non-hydrogen) atoms. The van der Waals surface area contributed by atoms with Gasteiger partial charge in [-0.25, -0.2) is 13.1 Å². The fourth-order valence-electron chi connectivity index (χ4n) is 2.84. The fourth-order valence-corrected chi connectivity index (χ4v) is 3.88. The molecule has 0 aliphatic rings. The van der Waals surface area contributed by atoms with Gasteiger partial charge in [-0.05, 0) is 30.3 Å². The molecule has 0 bridgehead atoms. The second-order valence-electron chi connectivity index (χ2n) is 6.10. The largest absolute Gasteiger partial charge is 0.573 e. The van der Waals surface area contributed by atoms with E-state index in [4.69, 9.17) is 0 Å². The quantitative estimate of drug-likeness (QED) is 0.650. The Labute approximate surface area is 159 Å². The SMILES string of the molecule is Cn1cc([C@H](O)CNS(=O)(=O)c2ccc(OC(F)(F)F)cc2)c2ccccc21. The molecule has 1 aromatic heterocycles. The smallest absolute Gasteiger partial charge is 0.406 e. The average molecular weight is 414 g/mol. The zero-order chi connectivity index (χ0) is 20.5. The average Bonchev–Trinajstić information content (AvgIpc) is 2.96. The first-order chi connectivity index (χ1) is 13.1. The molecule has 1 heterocycles. The Morgan fingerprint density at radius 2 is 1.79 bits per heavy atom. The molecule has 0 aliphatic carbocycles. The first kappa shape index (κ1) is 20.2. The minimum atomic E-state index is -4.86. The molecule has 0 unspecified atom stereocenters. The van der Waals surface area contributed by atoms with Crippen molar-refractivity contribution in [3.05, 3.63) is 60.3 Å². The minimum Gasteiger partial charge on any atom is -0.406 e. The summed E-state index contributed by atoms with van der Waals surface area (Å²) < 4.78 is 69.0. The molecule has 0 saturated carbocycles. The molecular formula is C18H17F3N2O4S. The highest BCUT2D eigenvalue weighted by atomic mass is 32.2. The van der Waals surface area contributed by atoms with Crippen molar-refractivity contribution in [3.8, 4) is 5.75 Å². The highest BCUT2D eigenvalue weighted by Gasteiger charge is 2.31. The van der Waals surface area contributed by atoms with Crippen molar-refractivity contribution in [2.24, 2.45) is 7.05 Å². The van der Waals surface area contributed by atoms with Crippen LogP contribution in [0.5, 0.6) is 5.75 Å². The van der Waals surface area contributed by atoms with Crippen LogP contribution >= 0.6 is 0 Å². The Morgan fingerprint density at radius 1 is 1.14 bits per heavy atom. The number of benzene rings is 2. The Hall–Kier alpha value is -2.56. The topological polar surface area (TPSA) is 80.6 Å². The Balaban J connectivity index is 1.72. The van der Waals surface area contributed by atoms with Crippen LogP contribution in [0.3, 0.4) is 0 Å². The lowest BCUT2D eigenvalue weighted by Crippen LogP contribution is -2.28. The maximum absolute atomic E-state index is 12.3. The van der Waals surface area contributed by atoms with E-state index in [9.17, 15) is 26.7 Å². The van der Waals surface area contributed by atoms with Gasteiger partial charge in [-0.3, -0.25) is 0 Å². The van der Waals surface area contributed by atoms with Gasteiger partial charge in [0.2, 0.25) is 10.0 Å². The predicted molar refractivity (Wildman–Crippen MR) is 96.2 cm³/mol. The molecule has 0 spiro atoms. The van der Waals surface area contributed by atoms with Gasteiger partial charge in [0.25, 0.3) is 0 Å². The van der Waals surface area contributed by atoms with Gasteiger partial charge in [-0.1, -0.05) is 18.2 Å². The molecule has 10 heteroatoms. The molecule has 3 aromatic rings. The zero-order valence-electron chi connectivity index (χ0n) is 14.6. The van der Waals surface area contributed by atoms with E-state index >= 15 is 0 Å². The highest BCUT2D eigenvalue weighted by molar-refractivity contribution is 7.89. The standard InChI is InChI=1S/C18H17F3N2O4S/c1-23-11-15(14-4-2-3-5-16(14)23)17(24)10-22-28(25,26)13-8-6-12(7-9-13)27-18(19,20)21/h2-9,11,17,22,24H,10H2,1H3/t17-/m1/s1. The van der Waals surface area contributed by atoms with Crippen molar-refractivity contribution in [1.82, 2.24) is 9.29 Å². The molecule has 150 valence electrons. The van der Waals surface area contributed by atoms with Crippen molar-refractivity contribution >= 4 is 20.9 Å². The van der Waals surface area contributed by atoms with E-state index < -0.39 is 28.2 Å². The number of aryl methyl sites for hydroxylation is 1. The number of nitrogens with zero attached hydrogens (tertiary/aromatic N) is 1. The van der Waals surface area contributed by atoms with Crippen molar-refractivity contribution < 1.29 is 31.4 Å². The lowest BCUT2D eigenvalue weighted by atomic mass is 10.1. The number of aliphatic hydroxyl groups is 1. The number of nitrogens with one attached hydrogen (secondary N) is 1. The van der Waals surface area contributed by atoms with Gasteiger partial charge in [0.1, 0.15) is 5.75 Å². The number of ether oxygens (including phenoxy) is 1. The Morgan fingerprint density at radius 3 is 2.43 bits per heavy atom. The number of para-hydroxylation sites is 1. The van der Waals surface area contributed by atoms with Gasteiger partial charge in [0.05, 0.1) is 11.0 Å². The first-order valence-electron chi connectivity index (χ1n) is 8.14. The number of aromatic nitrogens is 1. The number of rotatable bonds is 6. The minimum absolute atomic E-state index is 0.243. The highest BCUT2D eigenvalue weighted by Crippen LogP contribution is 2.26. The number of sulfonamides is 1. The predicted octanol–water partition coefficient (Wildman–Crippen LogP) is 3.09. The van der Waals surface area contributed by atoms with Crippen LogP contribution < -0.4 is 9.46 Å². The van der Waals surface area contributed by atoms with E-state index in [1.54, 1.807) is 6.20 Å². The third kappa shape index (κ3) is 4.46. The van der Waals surface area contributed by atoms with Crippen LogP contribution in [0.1, 0.15) is 11.7 Å². The molecule has 0 fully saturated rings. The number of alkyl halides is 3. The third-order valence-electron chi connectivity index (χ3n) is 4.12. The number of halogens is 3. The molecule has 0 saturated heterocycles. The maximum atomic E-state index is 12.3. The van der Waals surface area contributed by atoms with E-state index in [0.717, 1.165) is 35.2 Å². The number of fused-ring (bicyclic) bond motifs is 1. The summed E-state index contributed by atoms with van der Waals surface area (Å²) in [5, 5.41) is 11.2. The van der Waals surface area contributed by atoms with Crippen LogP contribution in [0.2, 0.25) is 0 Å². The fraction of sp³-hybridized carbons (Fsp3) is 0.222. The van der Waals surface area contributed by atoms with Crippen molar-refractivity contribution in [1.29, 1.82) is 0 Å². The van der Waals surface area contributed by atoms with Crippen LogP contribution in [-0.4, -0.2) is 31.0 Å². The number of hydrogen-bond donors (Lipinski definition) is 2. The van der Waals surface area contributed by atoms with Crippen LogP contribution in [0.25, 0.3) is 10.9 Å². The second kappa shape index (κ2) is 7.46. The van der Waals surface area contributed by atoms with Crippen molar-refractivity contribution in [2.75, 3.05) is 6.54 Å². The summed E-state index contributed by atoms with van der Waals surface area (Å²) >= 11 is 0. The van der Waals surface area contributed by atoms with Crippen molar-refractivity contribution in [3.63, 3.8) is 0 Å². The Bertz CT molecular complexity index is 1080. The van der Waals surface area contributed by atoms with Gasteiger partial charge in [0, 0.05) is 36.3 Å². The van der Waals surface area contributed by atoms with Crippen LogP contribution in [0, 0.1) is 0 Å². The normalized spacial score (nSPS) is 13.6. The summed E-state index contributed by atoms with van der Waals surface area (Å²) in [5.41, 5.74) is 1.45. The monoisotopic (exact) mass is 414 g/mol. The summed E-state index contributed by atoms with van der Waals surface area (Å²) in [6, 6.07) is 11.2. The molecular weight excluding hydrogens is 397 g/mol. The molecule has 0 amide bonds. The summed E-state index contributed by atoms with van der Waals surface area (Å²) in [5.74, 6) is -0.526. The molecule has 0 radical (unpaired) electrons. The summed E-state index contributed by atoms with van der Waals surface area (Å²) in [6.45, 7) is -0.295. The maximum Gasteiger partial charge on any atom is 0.573 e. The van der Waals surface area contributed by atoms with Gasteiger partial charge in [-0.2, -0.15) is 0 Å². The molecule has 0 aliphatic heterocycles. The van der Waals surface area contributed by atoms with Gasteiger partial charge in [0.15, 0.2) is 0 Å². The van der Waals surface area contributed by atoms with E-state index in [1.165, 1.54) is 0 Å². The number of hydrogen-bond acceptors (Lipinski definition) is 4. The Kier molecular flexibility index (Phi) is 5.37. The van der Waals surface area contributed by atoms with Gasteiger partial charge in [-0.15, -0.1) is 13.2 Å².